The summed E-state index contributed by atoms with van der Waals surface area (Å²) in [5, 5.41) is 2.85. The SMILES string of the molecule is CCN(C(CC(Cl)CCC(=O)NCc1c(C)cc(C)[nH]c1=O)C(C)C)[C@H]1CC[C@H](N(C)C)CC1. The van der Waals surface area contributed by atoms with Crippen molar-refractivity contribution in [2.75, 3.05) is 20.6 Å². The Kier molecular flexibility index (Phi) is 11.6. The van der Waals surface area contributed by atoms with E-state index in [0.717, 1.165) is 24.2 Å². The fourth-order valence-corrected chi connectivity index (χ4v) is 5.80. The minimum atomic E-state index is -0.132. The molecular weight excluding hydrogens is 448 g/mol. The smallest absolute Gasteiger partial charge is 0.253 e. The summed E-state index contributed by atoms with van der Waals surface area (Å²) >= 11 is 6.79. The van der Waals surface area contributed by atoms with E-state index in [9.17, 15) is 9.59 Å². The van der Waals surface area contributed by atoms with Crippen LogP contribution in [0.3, 0.4) is 0 Å². The zero-order valence-electron chi connectivity index (χ0n) is 22.4. The van der Waals surface area contributed by atoms with Gasteiger partial charge in [-0.15, -0.1) is 11.6 Å². The van der Waals surface area contributed by atoms with Crippen LogP contribution in [0.25, 0.3) is 0 Å². The van der Waals surface area contributed by atoms with E-state index in [1.165, 1.54) is 25.7 Å². The van der Waals surface area contributed by atoms with E-state index in [1.807, 2.05) is 19.9 Å². The van der Waals surface area contributed by atoms with Crippen LogP contribution in [-0.2, 0) is 11.3 Å². The number of nitrogens with zero attached hydrogens (tertiary/aromatic N) is 2. The van der Waals surface area contributed by atoms with Gasteiger partial charge in [-0.05, 0) is 90.6 Å². The molecule has 1 aromatic heterocycles. The lowest BCUT2D eigenvalue weighted by atomic mass is 9.86. The third-order valence-electron chi connectivity index (χ3n) is 7.56. The van der Waals surface area contributed by atoms with Gasteiger partial charge in [0.1, 0.15) is 0 Å². The molecule has 1 heterocycles. The van der Waals surface area contributed by atoms with Crippen molar-refractivity contribution in [3.05, 3.63) is 33.2 Å². The fourth-order valence-electron chi connectivity index (χ4n) is 5.50. The van der Waals surface area contributed by atoms with Crippen molar-refractivity contribution in [2.24, 2.45) is 5.92 Å². The van der Waals surface area contributed by atoms with Gasteiger partial charge in [0.15, 0.2) is 0 Å². The van der Waals surface area contributed by atoms with Crippen molar-refractivity contribution in [3.63, 3.8) is 0 Å². The summed E-state index contributed by atoms with van der Waals surface area (Å²) < 4.78 is 0. The number of carbonyl (C=O) groups excluding carboxylic acids is 1. The Hall–Kier alpha value is -1.37. The van der Waals surface area contributed by atoms with Crippen LogP contribution in [0.5, 0.6) is 0 Å². The highest BCUT2D eigenvalue weighted by Crippen LogP contribution is 2.31. The number of amides is 1. The molecule has 1 aromatic rings. The Balaban J connectivity index is 1.86. The number of pyridine rings is 1. The summed E-state index contributed by atoms with van der Waals surface area (Å²) in [4.78, 5) is 32.5. The first-order chi connectivity index (χ1) is 16.0. The Bertz CT molecular complexity index is 830. The Morgan fingerprint density at radius 1 is 1.18 bits per heavy atom. The number of hydrogen-bond donors (Lipinski definition) is 2. The molecular formula is C27H47ClN4O2. The van der Waals surface area contributed by atoms with Gasteiger partial charge in [0.25, 0.3) is 5.56 Å². The molecule has 2 atom stereocenters. The van der Waals surface area contributed by atoms with Crippen LogP contribution < -0.4 is 10.9 Å². The summed E-state index contributed by atoms with van der Waals surface area (Å²) in [5.74, 6) is 0.457. The number of aromatic amines is 1. The van der Waals surface area contributed by atoms with E-state index < -0.39 is 0 Å². The summed E-state index contributed by atoms with van der Waals surface area (Å²) in [6.07, 6.45) is 6.91. The van der Waals surface area contributed by atoms with Gasteiger partial charge in [0.2, 0.25) is 5.91 Å². The van der Waals surface area contributed by atoms with Crippen LogP contribution in [0, 0.1) is 19.8 Å². The predicted octanol–water partition coefficient (Wildman–Crippen LogP) is 4.60. The van der Waals surface area contributed by atoms with E-state index in [1.54, 1.807) is 0 Å². The molecule has 2 N–H and O–H groups in total. The first-order valence-electron chi connectivity index (χ1n) is 13.1. The van der Waals surface area contributed by atoms with Crippen molar-refractivity contribution in [2.45, 2.75) is 110 Å². The van der Waals surface area contributed by atoms with Gasteiger partial charge < -0.3 is 15.2 Å². The molecule has 1 aliphatic carbocycles. The maximum absolute atomic E-state index is 12.5. The van der Waals surface area contributed by atoms with Gasteiger partial charge in [-0.1, -0.05) is 20.8 Å². The molecule has 1 saturated carbocycles. The zero-order valence-corrected chi connectivity index (χ0v) is 23.2. The lowest BCUT2D eigenvalue weighted by molar-refractivity contribution is -0.121. The fraction of sp³-hybridized carbons (Fsp3) is 0.778. The number of hydrogen-bond acceptors (Lipinski definition) is 4. The van der Waals surface area contributed by atoms with Crippen LogP contribution in [0.15, 0.2) is 10.9 Å². The lowest BCUT2D eigenvalue weighted by Gasteiger charge is -2.44. The molecule has 0 saturated heterocycles. The molecule has 6 nitrogen and oxygen atoms in total. The molecule has 34 heavy (non-hydrogen) atoms. The van der Waals surface area contributed by atoms with Crippen LogP contribution in [0.4, 0.5) is 0 Å². The highest BCUT2D eigenvalue weighted by atomic mass is 35.5. The molecule has 0 aromatic carbocycles. The third kappa shape index (κ3) is 8.39. The van der Waals surface area contributed by atoms with Crippen molar-refractivity contribution >= 4 is 17.5 Å². The standard InChI is InChI=1S/C27H47ClN4O2/c1-8-32(23-12-10-22(11-13-23)31(6)7)25(18(2)3)16-21(28)9-14-26(33)29-17-24-19(4)15-20(5)30-27(24)34/h15,18,21-23,25H,8-14,16-17H2,1-7H3,(H,29,33)(H,30,34)/t21?,22-,23-,25?. The minimum Gasteiger partial charge on any atom is -0.352 e. The summed E-state index contributed by atoms with van der Waals surface area (Å²) in [7, 11) is 4.38. The number of H-pyrrole nitrogens is 1. The molecule has 0 aliphatic heterocycles. The predicted molar refractivity (Wildman–Crippen MR) is 143 cm³/mol. The largest absolute Gasteiger partial charge is 0.352 e. The first-order valence-corrected chi connectivity index (χ1v) is 13.5. The number of aryl methyl sites for hydroxylation is 2. The minimum absolute atomic E-state index is 0.0465. The summed E-state index contributed by atoms with van der Waals surface area (Å²) in [6.45, 7) is 11.9. The third-order valence-corrected chi connectivity index (χ3v) is 7.96. The normalized spacial score (nSPS) is 20.7. The zero-order chi connectivity index (χ0) is 25.4. The Morgan fingerprint density at radius 3 is 2.32 bits per heavy atom. The van der Waals surface area contributed by atoms with Crippen LogP contribution in [-0.4, -0.2) is 64.8 Å². The van der Waals surface area contributed by atoms with E-state index in [2.05, 4.69) is 55.0 Å². The van der Waals surface area contributed by atoms with Crippen molar-refractivity contribution in [1.82, 2.24) is 20.1 Å². The van der Waals surface area contributed by atoms with E-state index in [4.69, 9.17) is 11.6 Å². The Morgan fingerprint density at radius 2 is 1.79 bits per heavy atom. The second kappa shape index (κ2) is 13.6. The monoisotopic (exact) mass is 494 g/mol. The van der Waals surface area contributed by atoms with E-state index in [-0.39, 0.29) is 23.4 Å². The average Bonchev–Trinajstić information content (AvgIpc) is 2.77. The number of aromatic nitrogens is 1. The van der Waals surface area contributed by atoms with Crippen molar-refractivity contribution < 1.29 is 4.79 Å². The van der Waals surface area contributed by atoms with Crippen molar-refractivity contribution in [3.8, 4) is 0 Å². The second-order valence-corrected chi connectivity index (χ2v) is 11.3. The van der Waals surface area contributed by atoms with E-state index in [0.29, 0.717) is 42.4 Å². The van der Waals surface area contributed by atoms with Gasteiger partial charge in [0, 0.05) is 47.7 Å². The quantitative estimate of drug-likeness (QED) is 0.416. The van der Waals surface area contributed by atoms with Gasteiger partial charge in [-0.2, -0.15) is 0 Å². The summed E-state index contributed by atoms with van der Waals surface area (Å²) in [6, 6.07) is 3.67. The average molecular weight is 495 g/mol. The maximum Gasteiger partial charge on any atom is 0.253 e. The number of carbonyl (C=O) groups is 1. The first kappa shape index (κ1) is 28.9. The Labute approximate surface area is 211 Å². The van der Waals surface area contributed by atoms with Gasteiger partial charge in [-0.3, -0.25) is 14.5 Å². The van der Waals surface area contributed by atoms with Crippen LogP contribution in [0.1, 0.15) is 82.5 Å². The number of nitrogens with one attached hydrogen (secondary N) is 2. The number of rotatable bonds is 12. The molecule has 194 valence electrons. The number of alkyl halides is 1. The molecule has 2 unspecified atom stereocenters. The lowest BCUT2D eigenvalue weighted by Crippen LogP contribution is -2.49. The second-order valence-electron chi connectivity index (χ2n) is 10.7. The van der Waals surface area contributed by atoms with Crippen LogP contribution >= 0.6 is 11.6 Å². The van der Waals surface area contributed by atoms with E-state index >= 15 is 0 Å². The topological polar surface area (TPSA) is 68.4 Å². The molecule has 0 bridgehead atoms. The number of halogens is 1. The molecule has 7 heteroatoms. The van der Waals surface area contributed by atoms with Crippen molar-refractivity contribution in [1.29, 1.82) is 0 Å². The van der Waals surface area contributed by atoms with Gasteiger partial charge in [0.05, 0.1) is 0 Å². The molecule has 1 aliphatic rings. The van der Waals surface area contributed by atoms with Crippen LogP contribution in [0.2, 0.25) is 0 Å². The molecule has 1 amide bonds. The maximum atomic E-state index is 12.5. The molecule has 1 fully saturated rings. The summed E-state index contributed by atoms with van der Waals surface area (Å²) in [5.41, 5.74) is 2.21. The molecule has 0 spiro atoms. The molecule has 0 radical (unpaired) electrons. The molecule has 2 rings (SSSR count). The highest BCUT2D eigenvalue weighted by Gasteiger charge is 2.32. The van der Waals surface area contributed by atoms with Gasteiger partial charge >= 0.3 is 0 Å². The van der Waals surface area contributed by atoms with Gasteiger partial charge in [-0.25, -0.2) is 0 Å². The highest BCUT2D eigenvalue weighted by molar-refractivity contribution is 6.20.